The summed E-state index contributed by atoms with van der Waals surface area (Å²) in [6, 6.07) is -9.96. The Morgan fingerprint density at radius 1 is 0.210 bits per heavy atom. The second-order valence-corrected chi connectivity index (χ2v) is 34.6. The van der Waals surface area contributed by atoms with E-state index in [0.29, 0.717) is 0 Å². The standard InChI is InChI=1S/C76H125N5O57/c1-16(91)77-31-43(103)55(26(11-87)119-66(31)117)129-68-33(79-18(3)93)44(104)58(28(13-89)125-68)132-74-54(114)60(134-76-64(61(40(100)25(10-86)124-76)135-67-32(78-17(2)92)42(102)36(96)21(6-82)120-67)138-70-35(81-20(5)95)46(106)56(27(12-88)127-70)130-71-51(111)47(107)37(97)22(7-83)121-71)41(101)30(128-74)15-118-75-63(49(109)38(98)23(8-84)123-75)137-69-34(80-19(4)94)45(105)57(29(14-90)126-69)131-73-53(113)59(39(99)24(9-85)122-73)133-72-52(112)48(108)50(110)62(136-72)65(115)116/h21-64,66-76,82-90,96-114,117H,6-15H2,1-5H3,(H,77,91)(H,78,92)(H,79,93)(H,80,94)(H,81,95)(H,115,116)/t21-,22-,23-,24-,25-,26-,27-,28-,29-,30-,31-,32-,33-,34-,35-,36-,37+,38-,39+,40-,41-,42-,43-,44-,45-,46-,47+,48+,49+,50+,51-,52-,53-,54+,55-,56-,57-,58-,59+,60+,61+,62+,63+,64+,66-,67+,68+,69+,70+,71+,72-,73+,74+,75+,76-/m1/s1. The van der Waals surface area contributed by atoms with Crippen molar-refractivity contribution in [2.75, 3.05) is 66.1 Å². The fourth-order valence-electron chi connectivity index (χ4n) is 17.8. The lowest BCUT2D eigenvalue weighted by atomic mass is 9.93. The number of amides is 5. The maximum Gasteiger partial charge on any atom is 0.335 e. The fourth-order valence-corrected chi connectivity index (χ4v) is 17.8. The Kier molecular flexibility index (Phi) is 40.5. The average Bonchev–Trinajstić information content (AvgIpc) is 0.754. The van der Waals surface area contributed by atoms with Crippen molar-refractivity contribution in [3.8, 4) is 0 Å². The van der Waals surface area contributed by atoms with Gasteiger partial charge < -0.3 is 279 Å². The van der Waals surface area contributed by atoms with Crippen molar-refractivity contribution in [1.29, 1.82) is 0 Å². The molecule has 796 valence electrons. The molecule has 0 bridgehead atoms. The van der Waals surface area contributed by atoms with Gasteiger partial charge in [0.05, 0.1) is 66.1 Å². The number of hydrogen-bond acceptors (Lipinski definition) is 56. The Morgan fingerprint density at radius 2 is 0.464 bits per heavy atom. The number of carboxylic acid groups (broad SMARTS) is 1. The molecular weight excluding hydrogens is 1890 g/mol. The molecule has 0 aromatic heterocycles. The minimum atomic E-state index is -2.76. The molecule has 11 saturated heterocycles. The lowest BCUT2D eigenvalue weighted by Gasteiger charge is -2.52. The van der Waals surface area contributed by atoms with Crippen LogP contribution in [0, 0.1) is 0 Å². The molecular formula is C76H125N5O57. The Balaban J connectivity index is 0.967. The molecule has 0 radical (unpaired) electrons. The monoisotopic (exact) mass is 2020 g/mol. The SMILES string of the molecule is CC(=O)N[C@@H]1[C@@H](O)[C@H](O[C@@H]2O[C@H](CO)[C@@H](O[C@@H]3O[C@H](CO[C@H]4O[C@H](CO)[C@@H](O)[C@H](O)[C@@H]4O[C@@H]4O[C@H](CO)[C@@H](O[C@@H]5O[C@H](CO)[C@H](O)[C@H](O[C@@H]6O[C@H](C(=O)O)[C@@H](O)[C@H](O)[C@H]6O)[C@H]5O)[C@H](O)[C@H]4NC(C)=O)[C@@H](O)[C@H](O[C@H]4O[C@H](CO)[C@@H](O)[C@H](O[C@@H]5O[C@H](CO)[C@@H](O)[C@H](O)[C@H]5NC(C)=O)[C@@H]4O[C@@H]4O[C@H](CO)[C@@H](O[C@@H]5O[C@H](CO)[C@H](O)[C@H](O)[C@H]5O)[C@H](O)[C@H]4NC(C)=O)[C@@H]3O)[C@H](O)[C@H]2NC(C)=O)[C@@H](CO)O[C@H]1O. The van der Waals surface area contributed by atoms with Crippen molar-refractivity contribution in [3.05, 3.63) is 0 Å². The van der Waals surface area contributed by atoms with Gasteiger partial charge in [-0.25, -0.2) is 4.79 Å². The normalized spacial score (nSPS) is 48.6. The van der Waals surface area contributed by atoms with Crippen LogP contribution >= 0.6 is 0 Å². The van der Waals surface area contributed by atoms with Gasteiger partial charge in [-0.3, -0.25) is 24.0 Å². The zero-order chi connectivity index (χ0) is 102. The predicted octanol–water partition coefficient (Wildman–Crippen LogP) is -24.2. The van der Waals surface area contributed by atoms with Gasteiger partial charge in [-0.1, -0.05) is 0 Å². The van der Waals surface area contributed by atoms with Crippen LogP contribution in [0.3, 0.4) is 0 Å². The smallest absolute Gasteiger partial charge is 0.335 e. The first-order valence-electron chi connectivity index (χ1n) is 43.6. The average molecular weight is 2020 g/mol. The summed E-state index contributed by atoms with van der Waals surface area (Å²) < 4.78 is 126. The van der Waals surface area contributed by atoms with Gasteiger partial charge in [0, 0.05) is 34.6 Å². The van der Waals surface area contributed by atoms with Gasteiger partial charge in [0.25, 0.3) is 0 Å². The van der Waals surface area contributed by atoms with Crippen molar-refractivity contribution in [2.45, 2.75) is 372 Å². The molecule has 35 N–H and O–H groups in total. The summed E-state index contributed by atoms with van der Waals surface area (Å²) in [6.45, 7) is -7.64. The largest absolute Gasteiger partial charge is 0.479 e. The van der Waals surface area contributed by atoms with E-state index in [-0.39, 0.29) is 0 Å². The van der Waals surface area contributed by atoms with Crippen LogP contribution in [0.25, 0.3) is 0 Å². The molecule has 0 saturated carbocycles. The highest BCUT2D eigenvalue weighted by molar-refractivity contribution is 5.75. The Bertz CT molecular complexity index is 3880. The van der Waals surface area contributed by atoms with E-state index in [2.05, 4.69) is 26.6 Å². The molecule has 55 atom stereocenters. The molecule has 11 fully saturated rings. The van der Waals surface area contributed by atoms with Gasteiger partial charge in [-0.15, -0.1) is 0 Å². The lowest BCUT2D eigenvalue weighted by molar-refractivity contribution is -0.407. The summed E-state index contributed by atoms with van der Waals surface area (Å²) in [5, 5.41) is 350. The predicted molar refractivity (Wildman–Crippen MR) is 421 cm³/mol. The van der Waals surface area contributed by atoms with Crippen LogP contribution in [-0.2, 0) is 128 Å². The van der Waals surface area contributed by atoms with Crippen LogP contribution in [-0.4, -0.2) is 592 Å². The topological polar surface area (TPSA) is 963 Å². The van der Waals surface area contributed by atoms with E-state index in [1.165, 1.54) is 0 Å². The van der Waals surface area contributed by atoms with Crippen LogP contribution in [0.4, 0.5) is 0 Å². The molecule has 5 amide bonds. The Labute approximate surface area is 779 Å². The van der Waals surface area contributed by atoms with Crippen LogP contribution in [0.1, 0.15) is 34.6 Å². The Morgan fingerprint density at radius 3 is 0.862 bits per heavy atom. The van der Waals surface area contributed by atoms with Crippen molar-refractivity contribution >= 4 is 35.5 Å². The molecule has 0 spiro atoms. The van der Waals surface area contributed by atoms with E-state index in [0.717, 1.165) is 34.6 Å². The molecule has 62 heteroatoms. The van der Waals surface area contributed by atoms with E-state index >= 15 is 0 Å². The van der Waals surface area contributed by atoms with E-state index < -0.39 is 439 Å². The molecule has 138 heavy (non-hydrogen) atoms. The van der Waals surface area contributed by atoms with E-state index in [1.54, 1.807) is 0 Å². The number of carboxylic acids is 1. The molecule has 0 aromatic rings. The number of hydrogen-bond donors (Lipinski definition) is 35. The summed E-state index contributed by atoms with van der Waals surface area (Å²) in [7, 11) is 0. The Hall–Kier alpha value is -5.18. The maximum atomic E-state index is 13.4. The first-order chi connectivity index (χ1) is 65.2. The molecule has 11 heterocycles. The zero-order valence-corrected chi connectivity index (χ0v) is 73.8. The maximum absolute atomic E-state index is 13.4. The highest BCUT2D eigenvalue weighted by Gasteiger charge is 2.64. The third kappa shape index (κ3) is 24.9. The first-order valence-corrected chi connectivity index (χ1v) is 43.6. The fraction of sp³-hybridized carbons (Fsp3) is 0.921. The summed E-state index contributed by atoms with van der Waals surface area (Å²) in [6.07, 6.45) is -112. The highest BCUT2D eigenvalue weighted by Crippen LogP contribution is 2.43. The third-order valence-electron chi connectivity index (χ3n) is 25.0. The van der Waals surface area contributed by atoms with Crippen LogP contribution in [0.5, 0.6) is 0 Å². The number of carbonyl (C=O) groups excluding carboxylic acids is 5. The van der Waals surface area contributed by atoms with Gasteiger partial charge in [0.2, 0.25) is 29.5 Å². The summed E-state index contributed by atoms with van der Waals surface area (Å²) in [5.41, 5.74) is 0. The zero-order valence-electron chi connectivity index (χ0n) is 73.8. The first kappa shape index (κ1) is 113. The summed E-state index contributed by atoms with van der Waals surface area (Å²) in [5.74, 6) is -6.82. The van der Waals surface area contributed by atoms with Crippen LogP contribution in [0.15, 0.2) is 0 Å². The highest BCUT2D eigenvalue weighted by atomic mass is 16.8. The molecule has 11 rings (SSSR count). The third-order valence-corrected chi connectivity index (χ3v) is 25.0. The molecule has 0 unspecified atom stereocenters. The minimum absolute atomic E-state index is 0.835. The molecule has 0 aliphatic carbocycles. The van der Waals surface area contributed by atoms with Gasteiger partial charge in [-0.05, 0) is 0 Å². The quantitative estimate of drug-likeness (QED) is 0.0277. The van der Waals surface area contributed by atoms with Crippen LogP contribution in [0.2, 0.25) is 0 Å². The van der Waals surface area contributed by atoms with E-state index in [9.17, 15) is 182 Å². The lowest BCUT2D eigenvalue weighted by Crippen LogP contribution is -2.71. The molecule has 62 nitrogen and oxygen atoms in total. The van der Waals surface area contributed by atoms with Gasteiger partial charge in [0.15, 0.2) is 75.3 Å². The number of aliphatic hydroxyl groups is 29. The summed E-state index contributed by atoms with van der Waals surface area (Å²) in [4.78, 5) is 77.1. The van der Waals surface area contributed by atoms with Gasteiger partial charge in [-0.2, -0.15) is 0 Å². The van der Waals surface area contributed by atoms with E-state index in [4.69, 9.17) is 99.5 Å². The molecule has 11 aliphatic rings. The van der Waals surface area contributed by atoms with Crippen molar-refractivity contribution < 1.29 is 281 Å². The van der Waals surface area contributed by atoms with Gasteiger partial charge in [0.1, 0.15) is 262 Å². The number of ether oxygens (including phenoxy) is 21. The van der Waals surface area contributed by atoms with E-state index in [1.807, 2.05) is 0 Å². The number of rotatable bonds is 36. The van der Waals surface area contributed by atoms with Gasteiger partial charge >= 0.3 is 5.97 Å². The van der Waals surface area contributed by atoms with Crippen molar-refractivity contribution in [3.63, 3.8) is 0 Å². The van der Waals surface area contributed by atoms with Crippen LogP contribution < -0.4 is 26.6 Å². The summed E-state index contributed by atoms with van der Waals surface area (Å²) >= 11 is 0. The second kappa shape index (κ2) is 49.3. The number of aliphatic hydroxyl groups excluding tert-OH is 29. The second-order valence-electron chi connectivity index (χ2n) is 34.6. The number of carbonyl (C=O) groups is 6. The molecule has 0 aromatic carbocycles. The molecule has 11 aliphatic heterocycles. The number of aliphatic carboxylic acids is 1. The van der Waals surface area contributed by atoms with Crippen molar-refractivity contribution in [1.82, 2.24) is 26.6 Å². The minimum Gasteiger partial charge on any atom is -0.479 e. The van der Waals surface area contributed by atoms with Crippen molar-refractivity contribution in [2.24, 2.45) is 0 Å². The number of nitrogens with one attached hydrogen (secondary N) is 5.